The first-order valence-corrected chi connectivity index (χ1v) is 8.19. The van der Waals surface area contributed by atoms with Gasteiger partial charge in [0, 0.05) is 18.2 Å². The van der Waals surface area contributed by atoms with Gasteiger partial charge in [-0.25, -0.2) is 0 Å². The Labute approximate surface area is 142 Å². The normalized spacial score (nSPS) is 15.0. The highest BCUT2D eigenvalue weighted by Gasteiger charge is 2.14. The Morgan fingerprint density at radius 3 is 2.46 bits per heavy atom. The van der Waals surface area contributed by atoms with Gasteiger partial charge in [-0.15, -0.1) is 0 Å². The SMILES string of the molecule is CC(CCc1ccccc1)NCC(O)c1ccc(O)c(C(N)O)c1. The standard InChI is InChI=1S/C19H26N2O3/c1-13(7-8-14-5-3-2-4-6-14)21-12-18(23)15-9-10-17(22)16(11-15)19(20)24/h2-6,9-11,13,18-19,21-24H,7-8,12,20H2,1H3. The van der Waals surface area contributed by atoms with Crippen molar-refractivity contribution in [2.75, 3.05) is 6.54 Å². The van der Waals surface area contributed by atoms with E-state index >= 15 is 0 Å². The van der Waals surface area contributed by atoms with Crippen molar-refractivity contribution in [3.05, 3.63) is 65.2 Å². The summed E-state index contributed by atoms with van der Waals surface area (Å²) < 4.78 is 0. The molecule has 0 spiro atoms. The van der Waals surface area contributed by atoms with E-state index in [4.69, 9.17) is 5.73 Å². The number of aryl methyl sites for hydroxylation is 1. The molecule has 2 aromatic carbocycles. The van der Waals surface area contributed by atoms with Crippen LogP contribution in [0.4, 0.5) is 0 Å². The zero-order valence-corrected chi connectivity index (χ0v) is 13.9. The lowest BCUT2D eigenvalue weighted by Crippen LogP contribution is -2.30. The number of hydrogen-bond acceptors (Lipinski definition) is 5. The van der Waals surface area contributed by atoms with Crippen LogP contribution in [0, 0.1) is 0 Å². The van der Waals surface area contributed by atoms with Crippen LogP contribution >= 0.6 is 0 Å². The first-order chi connectivity index (χ1) is 11.5. The second kappa shape index (κ2) is 8.80. The highest BCUT2D eigenvalue weighted by molar-refractivity contribution is 5.38. The van der Waals surface area contributed by atoms with Crippen molar-refractivity contribution in [3.8, 4) is 5.75 Å². The zero-order chi connectivity index (χ0) is 17.5. The fourth-order valence-corrected chi connectivity index (χ4v) is 2.58. The summed E-state index contributed by atoms with van der Waals surface area (Å²) >= 11 is 0. The van der Waals surface area contributed by atoms with Gasteiger partial charge in [0.05, 0.1) is 6.10 Å². The van der Waals surface area contributed by atoms with E-state index in [0.717, 1.165) is 12.8 Å². The summed E-state index contributed by atoms with van der Waals surface area (Å²) in [4.78, 5) is 0. The molecular formula is C19H26N2O3. The third-order valence-corrected chi connectivity index (χ3v) is 4.12. The molecule has 5 heteroatoms. The van der Waals surface area contributed by atoms with Crippen molar-refractivity contribution >= 4 is 0 Å². The number of hydrogen-bond donors (Lipinski definition) is 5. The molecule has 0 aliphatic rings. The van der Waals surface area contributed by atoms with Crippen LogP contribution in [0.5, 0.6) is 5.75 Å². The summed E-state index contributed by atoms with van der Waals surface area (Å²) in [5.41, 5.74) is 7.52. The summed E-state index contributed by atoms with van der Waals surface area (Å²) in [5.74, 6) is -0.0786. The molecule has 3 atom stereocenters. The average molecular weight is 330 g/mol. The average Bonchev–Trinajstić information content (AvgIpc) is 2.59. The van der Waals surface area contributed by atoms with Crippen molar-refractivity contribution in [1.82, 2.24) is 5.32 Å². The molecule has 24 heavy (non-hydrogen) atoms. The van der Waals surface area contributed by atoms with Gasteiger partial charge >= 0.3 is 0 Å². The number of aliphatic hydroxyl groups excluding tert-OH is 2. The largest absolute Gasteiger partial charge is 0.508 e. The Bertz CT molecular complexity index is 632. The first-order valence-electron chi connectivity index (χ1n) is 8.19. The third-order valence-electron chi connectivity index (χ3n) is 4.12. The Morgan fingerprint density at radius 1 is 1.08 bits per heavy atom. The van der Waals surface area contributed by atoms with E-state index in [0.29, 0.717) is 12.1 Å². The minimum Gasteiger partial charge on any atom is -0.508 e. The maximum Gasteiger partial charge on any atom is 0.132 e. The Kier molecular flexibility index (Phi) is 6.75. The summed E-state index contributed by atoms with van der Waals surface area (Å²) in [7, 11) is 0. The zero-order valence-electron chi connectivity index (χ0n) is 13.9. The first kappa shape index (κ1) is 18.4. The van der Waals surface area contributed by atoms with Crippen LogP contribution in [0.3, 0.4) is 0 Å². The number of nitrogens with two attached hydrogens (primary N) is 1. The van der Waals surface area contributed by atoms with Crippen molar-refractivity contribution in [1.29, 1.82) is 0 Å². The quantitative estimate of drug-likeness (QED) is 0.477. The summed E-state index contributed by atoms with van der Waals surface area (Å²) in [5, 5.41) is 32.7. The maximum atomic E-state index is 10.3. The number of nitrogens with one attached hydrogen (secondary N) is 1. The molecule has 3 unspecified atom stereocenters. The number of rotatable bonds is 8. The van der Waals surface area contributed by atoms with E-state index < -0.39 is 12.3 Å². The molecule has 0 radical (unpaired) electrons. The predicted molar refractivity (Wildman–Crippen MR) is 94.4 cm³/mol. The molecule has 2 aromatic rings. The van der Waals surface area contributed by atoms with Gasteiger partial charge in [0.1, 0.15) is 12.0 Å². The van der Waals surface area contributed by atoms with Crippen LogP contribution in [0.1, 0.15) is 42.4 Å². The van der Waals surface area contributed by atoms with Crippen molar-refractivity contribution in [2.45, 2.75) is 38.1 Å². The highest BCUT2D eigenvalue weighted by Crippen LogP contribution is 2.25. The van der Waals surface area contributed by atoms with Crippen LogP contribution in [-0.2, 0) is 6.42 Å². The summed E-state index contributed by atoms with van der Waals surface area (Å²) in [6, 6.07) is 15.1. The van der Waals surface area contributed by atoms with E-state index in [9.17, 15) is 15.3 Å². The van der Waals surface area contributed by atoms with Gasteiger partial charge in [-0.05, 0) is 43.0 Å². The fourth-order valence-electron chi connectivity index (χ4n) is 2.58. The van der Waals surface area contributed by atoms with E-state index in [1.165, 1.54) is 17.7 Å². The minimum absolute atomic E-state index is 0.0786. The van der Waals surface area contributed by atoms with Gasteiger partial charge in [-0.2, -0.15) is 0 Å². The molecule has 0 aliphatic heterocycles. The van der Waals surface area contributed by atoms with Gasteiger partial charge in [0.2, 0.25) is 0 Å². The Morgan fingerprint density at radius 2 is 1.79 bits per heavy atom. The van der Waals surface area contributed by atoms with Gasteiger partial charge in [0.25, 0.3) is 0 Å². The number of aliphatic hydroxyl groups is 2. The van der Waals surface area contributed by atoms with E-state index in [2.05, 4.69) is 24.4 Å². The molecule has 0 saturated heterocycles. The smallest absolute Gasteiger partial charge is 0.132 e. The van der Waals surface area contributed by atoms with Crippen molar-refractivity contribution in [3.63, 3.8) is 0 Å². The second-order valence-electron chi connectivity index (χ2n) is 6.11. The van der Waals surface area contributed by atoms with Crippen LogP contribution in [0.15, 0.2) is 48.5 Å². The maximum absolute atomic E-state index is 10.3. The topological polar surface area (TPSA) is 98.7 Å². The molecule has 0 fully saturated rings. The van der Waals surface area contributed by atoms with E-state index in [1.54, 1.807) is 6.07 Å². The van der Waals surface area contributed by atoms with Gasteiger partial charge in [0.15, 0.2) is 0 Å². The van der Waals surface area contributed by atoms with Crippen molar-refractivity contribution < 1.29 is 15.3 Å². The second-order valence-corrected chi connectivity index (χ2v) is 6.11. The van der Waals surface area contributed by atoms with Crippen LogP contribution in [0.2, 0.25) is 0 Å². The van der Waals surface area contributed by atoms with Crippen LogP contribution in [0.25, 0.3) is 0 Å². The summed E-state index contributed by atoms with van der Waals surface area (Å²) in [6.07, 6.45) is -0.0513. The number of phenolic OH excluding ortho intramolecular Hbond substituents is 1. The summed E-state index contributed by atoms with van der Waals surface area (Å²) in [6.45, 7) is 2.47. The lowest BCUT2D eigenvalue weighted by Gasteiger charge is -2.18. The van der Waals surface area contributed by atoms with Gasteiger partial charge < -0.3 is 26.4 Å². The molecule has 0 bridgehead atoms. The number of phenols is 1. The lowest BCUT2D eigenvalue weighted by atomic mass is 10.0. The minimum atomic E-state index is -1.27. The van der Waals surface area contributed by atoms with Crippen molar-refractivity contribution in [2.24, 2.45) is 5.73 Å². The Balaban J connectivity index is 1.84. The van der Waals surface area contributed by atoms with E-state index in [1.807, 2.05) is 18.2 Å². The predicted octanol–water partition coefficient (Wildman–Crippen LogP) is 1.99. The van der Waals surface area contributed by atoms with Crippen LogP contribution < -0.4 is 11.1 Å². The number of benzene rings is 2. The third kappa shape index (κ3) is 5.32. The molecular weight excluding hydrogens is 304 g/mol. The van der Waals surface area contributed by atoms with Crippen LogP contribution in [-0.4, -0.2) is 27.9 Å². The number of aromatic hydroxyl groups is 1. The van der Waals surface area contributed by atoms with Gasteiger partial charge in [-0.3, -0.25) is 0 Å². The molecule has 0 aromatic heterocycles. The lowest BCUT2D eigenvalue weighted by molar-refractivity contribution is 0.167. The molecule has 2 rings (SSSR count). The molecule has 0 heterocycles. The highest BCUT2D eigenvalue weighted by atomic mass is 16.3. The monoisotopic (exact) mass is 330 g/mol. The molecule has 130 valence electrons. The molecule has 0 aliphatic carbocycles. The Hall–Kier alpha value is -1.92. The molecule has 6 N–H and O–H groups in total. The molecule has 0 saturated carbocycles. The van der Waals surface area contributed by atoms with E-state index in [-0.39, 0.29) is 17.4 Å². The fraction of sp³-hybridized carbons (Fsp3) is 0.368. The molecule has 0 amide bonds. The molecule has 5 nitrogen and oxygen atoms in total. The van der Waals surface area contributed by atoms with Gasteiger partial charge in [-0.1, -0.05) is 36.4 Å².